The van der Waals surface area contributed by atoms with Crippen molar-refractivity contribution in [1.82, 2.24) is 0 Å². The van der Waals surface area contributed by atoms with E-state index in [1.807, 2.05) is 0 Å². The van der Waals surface area contributed by atoms with E-state index in [1.54, 1.807) is 24.3 Å². The lowest BCUT2D eigenvalue weighted by Crippen LogP contribution is -2.25. The van der Waals surface area contributed by atoms with Crippen LogP contribution in [0.15, 0.2) is 24.3 Å². The molecule has 5 heteroatoms. The van der Waals surface area contributed by atoms with Gasteiger partial charge in [-0.2, -0.15) is 0 Å². The van der Waals surface area contributed by atoms with Crippen LogP contribution in [0.25, 0.3) is 0 Å². The standard InChI is InChI=1S/C11H14ClNO3/c12-9-4-2-1-3-8(9)7-16-11(15)10(14)5-6-13/h1-4,10,14H,5-7,13H2/t10-/m0/s1. The first-order chi connectivity index (χ1) is 7.65. The summed E-state index contributed by atoms with van der Waals surface area (Å²) < 4.78 is 4.89. The molecule has 1 rings (SSSR count). The Balaban J connectivity index is 2.46. The molecule has 0 amide bonds. The van der Waals surface area contributed by atoms with Crippen LogP contribution in [0, 0.1) is 0 Å². The third kappa shape index (κ3) is 3.81. The zero-order valence-electron chi connectivity index (χ0n) is 8.73. The van der Waals surface area contributed by atoms with Gasteiger partial charge in [-0.15, -0.1) is 0 Å². The molecule has 0 fully saturated rings. The summed E-state index contributed by atoms with van der Waals surface area (Å²) in [5, 5.41) is 9.81. The molecule has 0 aliphatic carbocycles. The van der Waals surface area contributed by atoms with Crippen LogP contribution in [0.1, 0.15) is 12.0 Å². The second kappa shape index (κ2) is 6.48. The zero-order valence-corrected chi connectivity index (χ0v) is 9.48. The van der Waals surface area contributed by atoms with E-state index in [-0.39, 0.29) is 19.6 Å². The summed E-state index contributed by atoms with van der Waals surface area (Å²) in [7, 11) is 0. The highest BCUT2D eigenvalue weighted by Gasteiger charge is 2.15. The number of aliphatic hydroxyl groups excluding tert-OH is 1. The third-order valence-corrected chi connectivity index (χ3v) is 2.41. The lowest BCUT2D eigenvalue weighted by molar-refractivity contribution is -0.155. The zero-order chi connectivity index (χ0) is 12.0. The molecule has 0 aliphatic heterocycles. The summed E-state index contributed by atoms with van der Waals surface area (Å²) in [6.07, 6.45) is -0.964. The number of nitrogens with two attached hydrogens (primary N) is 1. The predicted octanol–water partition coefficient (Wildman–Crippen LogP) is 1.09. The van der Waals surface area contributed by atoms with Crippen molar-refractivity contribution in [3.05, 3.63) is 34.9 Å². The van der Waals surface area contributed by atoms with Gasteiger partial charge in [-0.05, 0) is 19.0 Å². The van der Waals surface area contributed by atoms with E-state index in [9.17, 15) is 9.90 Å². The summed E-state index contributed by atoms with van der Waals surface area (Å²) in [5.41, 5.74) is 5.92. The molecule has 0 aliphatic rings. The maximum atomic E-state index is 11.2. The van der Waals surface area contributed by atoms with Gasteiger partial charge in [-0.25, -0.2) is 4.79 Å². The summed E-state index contributed by atoms with van der Waals surface area (Å²) >= 11 is 5.87. The van der Waals surface area contributed by atoms with Crippen molar-refractivity contribution in [3.63, 3.8) is 0 Å². The van der Waals surface area contributed by atoms with Crippen molar-refractivity contribution in [1.29, 1.82) is 0 Å². The fourth-order valence-corrected chi connectivity index (χ4v) is 1.33. The number of aliphatic hydroxyl groups is 1. The van der Waals surface area contributed by atoms with E-state index in [0.29, 0.717) is 10.6 Å². The van der Waals surface area contributed by atoms with Crippen LogP contribution in [0.4, 0.5) is 0 Å². The Morgan fingerprint density at radius 1 is 1.50 bits per heavy atom. The van der Waals surface area contributed by atoms with Gasteiger partial charge in [0, 0.05) is 10.6 Å². The highest BCUT2D eigenvalue weighted by molar-refractivity contribution is 6.31. The van der Waals surface area contributed by atoms with Crippen molar-refractivity contribution in [2.45, 2.75) is 19.1 Å². The second-order valence-electron chi connectivity index (χ2n) is 3.29. The summed E-state index contributed by atoms with van der Waals surface area (Å²) in [4.78, 5) is 11.2. The minimum Gasteiger partial charge on any atom is -0.459 e. The van der Waals surface area contributed by atoms with E-state index >= 15 is 0 Å². The topological polar surface area (TPSA) is 72.5 Å². The number of benzene rings is 1. The maximum Gasteiger partial charge on any atom is 0.335 e. The van der Waals surface area contributed by atoms with Crippen LogP contribution in [-0.2, 0) is 16.1 Å². The van der Waals surface area contributed by atoms with Gasteiger partial charge in [0.15, 0.2) is 6.10 Å². The quantitative estimate of drug-likeness (QED) is 0.760. The van der Waals surface area contributed by atoms with Gasteiger partial charge in [0.05, 0.1) is 0 Å². The summed E-state index contributed by atoms with van der Waals surface area (Å²) in [6, 6.07) is 7.05. The molecular formula is C11H14ClNO3. The number of carbonyl (C=O) groups is 1. The molecule has 0 spiro atoms. The van der Waals surface area contributed by atoms with Crippen molar-refractivity contribution in [2.24, 2.45) is 5.73 Å². The van der Waals surface area contributed by atoms with Crippen LogP contribution < -0.4 is 5.73 Å². The monoisotopic (exact) mass is 243 g/mol. The van der Waals surface area contributed by atoms with Crippen LogP contribution in [0.3, 0.4) is 0 Å². The van der Waals surface area contributed by atoms with Crippen molar-refractivity contribution >= 4 is 17.6 Å². The first-order valence-corrected chi connectivity index (χ1v) is 5.31. The molecule has 88 valence electrons. The molecule has 0 unspecified atom stereocenters. The first kappa shape index (κ1) is 13.0. The van der Waals surface area contributed by atoms with E-state index in [2.05, 4.69) is 0 Å². The highest BCUT2D eigenvalue weighted by atomic mass is 35.5. The first-order valence-electron chi connectivity index (χ1n) is 4.93. The van der Waals surface area contributed by atoms with E-state index < -0.39 is 12.1 Å². The maximum absolute atomic E-state index is 11.2. The van der Waals surface area contributed by atoms with Gasteiger partial charge in [0.2, 0.25) is 0 Å². The van der Waals surface area contributed by atoms with Crippen LogP contribution in [-0.4, -0.2) is 23.7 Å². The van der Waals surface area contributed by atoms with Crippen molar-refractivity contribution in [3.8, 4) is 0 Å². The Morgan fingerprint density at radius 3 is 2.81 bits per heavy atom. The third-order valence-electron chi connectivity index (χ3n) is 2.04. The predicted molar refractivity (Wildman–Crippen MR) is 60.9 cm³/mol. The van der Waals surface area contributed by atoms with Crippen molar-refractivity contribution < 1.29 is 14.6 Å². The summed E-state index contributed by atoms with van der Waals surface area (Å²) in [6.45, 7) is 0.294. The number of esters is 1. The Kier molecular flexibility index (Phi) is 5.25. The largest absolute Gasteiger partial charge is 0.459 e. The summed E-state index contributed by atoms with van der Waals surface area (Å²) in [5.74, 6) is -0.676. The molecule has 1 aromatic carbocycles. The molecule has 1 aromatic rings. The fraction of sp³-hybridized carbons (Fsp3) is 0.364. The van der Waals surface area contributed by atoms with Crippen LogP contribution in [0.2, 0.25) is 5.02 Å². The van der Waals surface area contributed by atoms with E-state index in [4.69, 9.17) is 22.1 Å². The lowest BCUT2D eigenvalue weighted by Gasteiger charge is -2.10. The molecule has 1 atom stereocenters. The SMILES string of the molecule is NCC[C@H](O)C(=O)OCc1ccccc1Cl. The van der Waals surface area contributed by atoms with Crippen LogP contribution in [0.5, 0.6) is 0 Å². The number of carbonyl (C=O) groups excluding carboxylic acids is 1. The molecule has 16 heavy (non-hydrogen) atoms. The number of ether oxygens (including phenoxy) is 1. The molecule has 0 heterocycles. The van der Waals surface area contributed by atoms with E-state index in [1.165, 1.54) is 0 Å². The Bertz CT molecular complexity index is 357. The average molecular weight is 244 g/mol. The lowest BCUT2D eigenvalue weighted by atomic mass is 10.2. The molecule has 0 saturated heterocycles. The molecular weight excluding hydrogens is 230 g/mol. The molecule has 0 radical (unpaired) electrons. The van der Waals surface area contributed by atoms with Crippen molar-refractivity contribution in [2.75, 3.05) is 6.54 Å². The Hall–Kier alpha value is -1.10. The fourth-order valence-electron chi connectivity index (χ4n) is 1.14. The number of halogens is 1. The van der Waals surface area contributed by atoms with Gasteiger partial charge in [-0.3, -0.25) is 0 Å². The Morgan fingerprint density at radius 2 is 2.19 bits per heavy atom. The molecule has 3 N–H and O–H groups in total. The van der Waals surface area contributed by atoms with Gasteiger partial charge in [0.25, 0.3) is 0 Å². The van der Waals surface area contributed by atoms with Crippen LogP contribution >= 0.6 is 11.6 Å². The number of hydrogen-bond donors (Lipinski definition) is 2. The molecule has 0 bridgehead atoms. The second-order valence-corrected chi connectivity index (χ2v) is 3.70. The van der Waals surface area contributed by atoms with Gasteiger partial charge >= 0.3 is 5.97 Å². The number of rotatable bonds is 5. The van der Waals surface area contributed by atoms with Gasteiger partial charge < -0.3 is 15.6 Å². The van der Waals surface area contributed by atoms with Gasteiger partial charge in [-0.1, -0.05) is 29.8 Å². The minimum atomic E-state index is -1.16. The average Bonchev–Trinajstić information content (AvgIpc) is 2.28. The highest BCUT2D eigenvalue weighted by Crippen LogP contribution is 2.15. The minimum absolute atomic E-state index is 0.0557. The smallest absolute Gasteiger partial charge is 0.335 e. The number of hydrogen-bond acceptors (Lipinski definition) is 4. The van der Waals surface area contributed by atoms with Gasteiger partial charge in [0.1, 0.15) is 6.61 Å². The molecule has 0 aromatic heterocycles. The Labute approximate surface area is 99.0 Å². The molecule has 4 nitrogen and oxygen atoms in total. The molecule has 0 saturated carbocycles. The van der Waals surface area contributed by atoms with E-state index in [0.717, 1.165) is 0 Å². The normalized spacial score (nSPS) is 12.2.